The molecule has 0 aromatic carbocycles. The average Bonchev–Trinajstić information content (AvgIpc) is 3.52. The van der Waals surface area contributed by atoms with Gasteiger partial charge in [-0.1, -0.05) is 10.4 Å². The van der Waals surface area contributed by atoms with Crippen LogP contribution in [0.25, 0.3) is 11.4 Å². The molecule has 0 unspecified atom stereocenters. The fourth-order valence-electron chi connectivity index (χ4n) is 3.46. The van der Waals surface area contributed by atoms with Crippen LogP contribution in [-0.4, -0.2) is 93.6 Å². The molecule has 1 aliphatic heterocycles. The van der Waals surface area contributed by atoms with Crippen LogP contribution in [0.4, 0.5) is 5.13 Å². The summed E-state index contributed by atoms with van der Waals surface area (Å²) in [5.74, 6) is -4.23. The summed E-state index contributed by atoms with van der Waals surface area (Å²) < 4.78 is 34.6. The Kier molecular flexibility index (Phi) is 7.52. The highest BCUT2D eigenvalue weighted by molar-refractivity contribution is 7.84. The highest BCUT2D eigenvalue weighted by Crippen LogP contribution is 2.26. The molecule has 0 spiro atoms. The largest absolute Gasteiger partial charge is 0.503 e. The van der Waals surface area contributed by atoms with Gasteiger partial charge < -0.3 is 31.1 Å². The van der Waals surface area contributed by atoms with Gasteiger partial charge in [-0.05, 0) is 13.8 Å². The molecular weight excluding hydrogens is 590 g/mol. The number of amides is 2. The highest BCUT2D eigenvalue weighted by atomic mass is 32.2. The molecule has 1 aliphatic rings. The lowest BCUT2D eigenvalue weighted by molar-refractivity contribution is -0.161. The number of nitrogens with one attached hydrogen (secondary N) is 2. The molecule has 21 heteroatoms. The topological polar surface area (TPSA) is 285 Å². The molecule has 3 aromatic rings. The molecule has 0 bridgehead atoms. The van der Waals surface area contributed by atoms with Gasteiger partial charge >= 0.3 is 16.3 Å². The van der Waals surface area contributed by atoms with E-state index in [0.29, 0.717) is 0 Å². The number of aromatic hydroxyl groups is 1. The molecule has 1 saturated heterocycles. The number of H-pyrrole nitrogens is 1. The summed E-state index contributed by atoms with van der Waals surface area (Å²) in [5.41, 5.74) is 2.64. The number of carbonyl (C=O) groups is 3. The van der Waals surface area contributed by atoms with Gasteiger partial charge in [0.25, 0.3) is 11.8 Å². The molecule has 0 saturated carbocycles. The number of thiazole rings is 1. The second kappa shape index (κ2) is 10.6. The highest BCUT2D eigenvalue weighted by Gasteiger charge is 2.54. The minimum atomic E-state index is -5.07. The van der Waals surface area contributed by atoms with Crippen molar-refractivity contribution in [1.82, 2.24) is 34.6 Å². The Morgan fingerprint density at radius 2 is 2.05 bits per heavy atom. The first-order valence-corrected chi connectivity index (χ1v) is 13.5. The van der Waals surface area contributed by atoms with E-state index in [1.165, 1.54) is 25.4 Å². The van der Waals surface area contributed by atoms with Crippen molar-refractivity contribution >= 4 is 50.3 Å². The summed E-state index contributed by atoms with van der Waals surface area (Å²) in [6.07, 6.45) is 2.31. The fourth-order valence-corrected chi connectivity index (χ4v) is 4.88. The van der Waals surface area contributed by atoms with E-state index < -0.39 is 69.2 Å². The molecule has 3 aromatic heterocycles. The lowest BCUT2D eigenvalue weighted by atomic mass is 9.98. The molecule has 1 fully saturated rings. The number of carboxylic acid groups (broad SMARTS) is 1. The van der Waals surface area contributed by atoms with Crippen LogP contribution in [0.2, 0.25) is 0 Å². The molecule has 4 rings (SSSR count). The molecular formula is C20H21N9O10S2. The number of hydrogen-bond acceptors (Lipinski definition) is 14. The third kappa shape index (κ3) is 6.00. The normalized spacial score (nSPS) is 17.7. The second-order valence-electron chi connectivity index (χ2n) is 8.97. The van der Waals surface area contributed by atoms with E-state index in [0.717, 1.165) is 28.3 Å². The second-order valence-corrected chi connectivity index (χ2v) is 11.1. The molecule has 4 heterocycles. The van der Waals surface area contributed by atoms with Crippen molar-refractivity contribution in [3.63, 3.8) is 0 Å². The quantitative estimate of drug-likeness (QED) is 0.0636. The number of nitrogens with zero attached hydrogens (tertiary/aromatic N) is 6. The number of carbonyl (C=O) groups excluding carboxylic acids is 2. The van der Waals surface area contributed by atoms with Gasteiger partial charge in [0.05, 0.1) is 24.5 Å². The van der Waals surface area contributed by atoms with E-state index in [4.69, 9.17) is 10.6 Å². The van der Waals surface area contributed by atoms with Crippen molar-refractivity contribution in [1.29, 1.82) is 0 Å². The molecule has 0 radical (unpaired) electrons. The predicted octanol–water partition coefficient (Wildman–Crippen LogP) is -1.84. The third-order valence-electron chi connectivity index (χ3n) is 5.65. The van der Waals surface area contributed by atoms with E-state index in [9.17, 15) is 42.4 Å². The van der Waals surface area contributed by atoms with Gasteiger partial charge in [0, 0.05) is 17.6 Å². The molecule has 0 aliphatic carbocycles. The van der Waals surface area contributed by atoms with Crippen molar-refractivity contribution in [2.75, 3.05) is 5.73 Å². The van der Waals surface area contributed by atoms with Crippen LogP contribution in [0.5, 0.6) is 5.75 Å². The molecule has 2 amide bonds. The van der Waals surface area contributed by atoms with E-state index in [1.807, 2.05) is 0 Å². The van der Waals surface area contributed by atoms with Gasteiger partial charge in [-0.2, -0.15) is 8.42 Å². The zero-order valence-electron chi connectivity index (χ0n) is 20.9. The number of aromatic nitrogens is 5. The van der Waals surface area contributed by atoms with Crippen LogP contribution in [0.1, 0.15) is 19.5 Å². The molecule has 2 atom stereocenters. The zero-order valence-corrected chi connectivity index (χ0v) is 22.6. The fraction of sp³-hybridized carbons (Fsp3) is 0.300. The van der Waals surface area contributed by atoms with Crippen LogP contribution in [0.15, 0.2) is 33.8 Å². The Balaban J connectivity index is 1.60. The monoisotopic (exact) mass is 611 g/mol. The van der Waals surface area contributed by atoms with Crippen molar-refractivity contribution in [2.45, 2.75) is 38.1 Å². The Labute approximate surface area is 233 Å². The van der Waals surface area contributed by atoms with Gasteiger partial charge in [0.15, 0.2) is 16.6 Å². The van der Waals surface area contributed by atoms with Crippen LogP contribution >= 0.6 is 11.3 Å². The Bertz CT molecular complexity index is 1730. The number of aliphatic carboxylic acids is 1. The van der Waals surface area contributed by atoms with Gasteiger partial charge in [0.2, 0.25) is 11.0 Å². The molecule has 19 nitrogen and oxygen atoms in total. The number of nitrogen functional groups attached to an aromatic ring is 1. The maximum Gasteiger partial charge on any atom is 0.362 e. The number of β-lactam (4-membered cyclic amide) rings is 1. The summed E-state index contributed by atoms with van der Waals surface area (Å²) >= 11 is 0.929. The summed E-state index contributed by atoms with van der Waals surface area (Å²) in [6.45, 7) is 1.92. The Hall–Kier alpha value is -4.89. The lowest BCUT2D eigenvalue weighted by Gasteiger charge is -2.43. The van der Waals surface area contributed by atoms with Crippen LogP contribution in [0, 0.1) is 0 Å². The Morgan fingerprint density at radius 1 is 1.34 bits per heavy atom. The minimum absolute atomic E-state index is 0.0325. The summed E-state index contributed by atoms with van der Waals surface area (Å²) in [5, 5.41) is 33.6. The molecule has 41 heavy (non-hydrogen) atoms. The van der Waals surface area contributed by atoms with Gasteiger partial charge in [-0.15, -0.1) is 16.4 Å². The number of oxime groups is 1. The SMILES string of the molecule is CC(C)(O/N=C(\C(=O)N[C@@H]1C(=O)N(S(=O)(=O)O)[C@@H]1Cn1cc(-c2cc(=O)c(O)c[nH]2)nn1)c1csc(N)n1)C(=O)O. The third-order valence-corrected chi connectivity index (χ3v) is 7.27. The smallest absolute Gasteiger partial charge is 0.362 e. The number of pyridine rings is 1. The van der Waals surface area contributed by atoms with Crippen molar-refractivity contribution in [3.05, 3.63) is 39.8 Å². The van der Waals surface area contributed by atoms with Crippen LogP contribution in [-0.2, 0) is 36.1 Å². The number of aromatic amines is 1. The molecule has 218 valence electrons. The van der Waals surface area contributed by atoms with Gasteiger partial charge in [-0.3, -0.25) is 18.9 Å². The number of hydrogen-bond donors (Lipinski definition) is 6. The maximum atomic E-state index is 13.2. The van der Waals surface area contributed by atoms with E-state index in [2.05, 4.69) is 30.8 Å². The van der Waals surface area contributed by atoms with E-state index >= 15 is 0 Å². The zero-order chi connectivity index (χ0) is 30.3. The first kappa shape index (κ1) is 29.1. The Morgan fingerprint density at radius 3 is 2.63 bits per heavy atom. The summed E-state index contributed by atoms with van der Waals surface area (Å²) in [6, 6.07) is -1.91. The standard InChI is InChI=1S/C20H21N9O10S2/c1-20(2,18(34)35)39-26-14(10-7-40-19(21)23-10)16(32)24-15-11(29(17(15)33)41(36,37)38)6-28-5-9(25-27-28)8-3-12(30)13(31)4-22-8/h3-5,7,11,15,31H,6H2,1-2H3,(H2,21,23)(H,22,30)(H,24,32)(H,34,35)(H,36,37,38)/b26-14-/t11-,15+/m1/s1. The number of anilines is 1. The van der Waals surface area contributed by atoms with Crippen LogP contribution < -0.4 is 16.5 Å². The lowest BCUT2D eigenvalue weighted by Crippen LogP contribution is -2.73. The van der Waals surface area contributed by atoms with Crippen molar-refractivity contribution < 1.29 is 42.4 Å². The number of nitrogens with two attached hydrogens (primary N) is 1. The van der Waals surface area contributed by atoms with Gasteiger partial charge in [-0.25, -0.2) is 18.8 Å². The van der Waals surface area contributed by atoms with Crippen LogP contribution in [0.3, 0.4) is 0 Å². The van der Waals surface area contributed by atoms with Gasteiger partial charge in [0.1, 0.15) is 17.4 Å². The van der Waals surface area contributed by atoms with Crippen molar-refractivity contribution in [2.24, 2.45) is 5.16 Å². The van der Waals surface area contributed by atoms with E-state index in [-0.39, 0.29) is 26.5 Å². The average molecular weight is 612 g/mol. The minimum Gasteiger partial charge on any atom is -0.503 e. The number of rotatable bonds is 10. The van der Waals surface area contributed by atoms with E-state index in [1.54, 1.807) is 0 Å². The van der Waals surface area contributed by atoms with Crippen molar-refractivity contribution in [3.8, 4) is 17.1 Å². The predicted molar refractivity (Wildman–Crippen MR) is 138 cm³/mol. The summed E-state index contributed by atoms with van der Waals surface area (Å²) in [4.78, 5) is 60.5. The first-order valence-electron chi connectivity index (χ1n) is 11.2. The molecule has 7 N–H and O–H groups in total. The first-order chi connectivity index (χ1) is 19.1. The number of carboxylic acids is 1. The summed E-state index contributed by atoms with van der Waals surface area (Å²) in [7, 11) is -5.07. The maximum absolute atomic E-state index is 13.2.